The number of aryl methyl sites for hydroxylation is 1. The molecule has 0 aliphatic carbocycles. The Morgan fingerprint density at radius 1 is 1.35 bits per heavy atom. The van der Waals surface area contributed by atoms with Crippen LogP contribution in [0.2, 0.25) is 0 Å². The Morgan fingerprint density at radius 3 is 3.00 bits per heavy atom. The molecule has 0 atom stereocenters. The molecule has 3 heteroatoms. The van der Waals surface area contributed by atoms with Gasteiger partial charge in [0.15, 0.2) is 0 Å². The summed E-state index contributed by atoms with van der Waals surface area (Å²) in [5, 5.41) is 4.59. The first-order valence-corrected chi connectivity index (χ1v) is 7.20. The first-order valence-electron chi connectivity index (χ1n) is 6.38. The third-order valence-electron chi connectivity index (χ3n) is 3.54. The Kier molecular flexibility index (Phi) is 3.12. The number of fused-ring (bicyclic) bond motifs is 1. The number of nitrogens with zero attached hydrogens (tertiary/aromatic N) is 1. The molecule has 2 heterocycles. The van der Waals surface area contributed by atoms with Gasteiger partial charge in [0.25, 0.3) is 0 Å². The van der Waals surface area contributed by atoms with Crippen molar-refractivity contribution in [2.75, 3.05) is 13.1 Å². The van der Waals surface area contributed by atoms with E-state index in [0.717, 1.165) is 5.92 Å². The minimum Gasteiger partial charge on any atom is -0.317 e. The van der Waals surface area contributed by atoms with E-state index in [-0.39, 0.29) is 0 Å². The second-order valence-corrected chi connectivity index (χ2v) is 6.17. The minimum atomic E-state index is 0.855. The lowest BCUT2D eigenvalue weighted by molar-refractivity contribution is 0.373. The van der Waals surface area contributed by atoms with Crippen LogP contribution in [0.4, 0.5) is 0 Å². The maximum absolute atomic E-state index is 4.57. The normalized spacial score (nSPS) is 17.7. The quantitative estimate of drug-likeness (QED) is 0.880. The molecule has 0 amide bonds. The lowest BCUT2D eigenvalue weighted by Gasteiger charge is -2.22. The van der Waals surface area contributed by atoms with Crippen molar-refractivity contribution in [3.05, 3.63) is 28.8 Å². The monoisotopic (exact) mass is 246 g/mol. The molecule has 2 aromatic rings. The van der Waals surface area contributed by atoms with Gasteiger partial charge in [-0.15, -0.1) is 11.3 Å². The van der Waals surface area contributed by atoms with Gasteiger partial charge in [-0.3, -0.25) is 0 Å². The van der Waals surface area contributed by atoms with Crippen LogP contribution in [-0.2, 0) is 6.42 Å². The van der Waals surface area contributed by atoms with Crippen LogP contribution in [0.3, 0.4) is 0 Å². The second-order valence-electron chi connectivity index (χ2n) is 4.93. The van der Waals surface area contributed by atoms with Crippen LogP contribution < -0.4 is 5.32 Å². The first-order chi connectivity index (χ1) is 8.31. The summed E-state index contributed by atoms with van der Waals surface area (Å²) < 4.78 is 1.32. The van der Waals surface area contributed by atoms with Gasteiger partial charge < -0.3 is 5.32 Å². The average Bonchev–Trinajstić information content (AvgIpc) is 2.70. The van der Waals surface area contributed by atoms with Gasteiger partial charge in [-0.1, -0.05) is 6.07 Å². The molecule has 0 spiro atoms. The predicted molar refractivity (Wildman–Crippen MR) is 73.7 cm³/mol. The van der Waals surface area contributed by atoms with Crippen molar-refractivity contribution in [3.63, 3.8) is 0 Å². The van der Waals surface area contributed by atoms with Gasteiger partial charge in [0, 0.05) is 0 Å². The van der Waals surface area contributed by atoms with Crippen molar-refractivity contribution in [1.29, 1.82) is 0 Å². The molecule has 1 aliphatic heterocycles. The van der Waals surface area contributed by atoms with Crippen molar-refractivity contribution in [3.8, 4) is 0 Å². The molecule has 1 saturated heterocycles. The van der Waals surface area contributed by atoms with Crippen molar-refractivity contribution < 1.29 is 0 Å². The molecule has 17 heavy (non-hydrogen) atoms. The van der Waals surface area contributed by atoms with Gasteiger partial charge >= 0.3 is 0 Å². The highest BCUT2D eigenvalue weighted by molar-refractivity contribution is 7.18. The number of benzene rings is 1. The molecule has 1 fully saturated rings. The molecule has 1 N–H and O–H groups in total. The summed E-state index contributed by atoms with van der Waals surface area (Å²) in [6.07, 6.45) is 3.84. The number of piperidine rings is 1. The number of hydrogen-bond acceptors (Lipinski definition) is 3. The molecule has 2 nitrogen and oxygen atoms in total. The Hall–Kier alpha value is -0.930. The van der Waals surface area contributed by atoms with E-state index in [1.54, 1.807) is 11.3 Å². The fourth-order valence-electron chi connectivity index (χ4n) is 2.63. The largest absolute Gasteiger partial charge is 0.317 e. The van der Waals surface area contributed by atoms with Crippen LogP contribution in [0.1, 0.15) is 23.4 Å². The predicted octanol–water partition coefficient (Wildman–Crippen LogP) is 3.15. The maximum atomic E-state index is 4.57. The first kappa shape index (κ1) is 11.2. The number of hydrogen-bond donors (Lipinski definition) is 1. The summed E-state index contributed by atoms with van der Waals surface area (Å²) in [4.78, 5) is 4.57. The Balaban J connectivity index is 1.79. The number of aromatic nitrogens is 1. The molecular weight excluding hydrogens is 228 g/mol. The van der Waals surface area contributed by atoms with Crippen molar-refractivity contribution >= 4 is 21.6 Å². The van der Waals surface area contributed by atoms with Crippen LogP contribution in [0.15, 0.2) is 18.2 Å². The van der Waals surface area contributed by atoms with E-state index in [0.29, 0.717) is 0 Å². The average molecular weight is 246 g/mol. The zero-order valence-corrected chi connectivity index (χ0v) is 11.0. The van der Waals surface area contributed by atoms with Crippen molar-refractivity contribution in [2.24, 2.45) is 5.92 Å². The fraction of sp³-hybridized carbons (Fsp3) is 0.500. The highest BCUT2D eigenvalue weighted by Gasteiger charge is 2.13. The molecule has 90 valence electrons. The molecule has 1 aromatic carbocycles. The van der Waals surface area contributed by atoms with E-state index in [4.69, 9.17) is 0 Å². The summed E-state index contributed by atoms with van der Waals surface area (Å²) in [7, 11) is 0. The summed E-state index contributed by atoms with van der Waals surface area (Å²) >= 11 is 1.79. The third-order valence-corrected chi connectivity index (χ3v) is 4.49. The lowest BCUT2D eigenvalue weighted by Crippen LogP contribution is -2.28. The van der Waals surface area contributed by atoms with Crippen LogP contribution in [0.25, 0.3) is 10.2 Å². The highest BCUT2D eigenvalue weighted by Crippen LogP contribution is 2.25. The number of thiazole rings is 1. The molecule has 0 saturated carbocycles. The Bertz CT molecular complexity index is 512. The zero-order valence-electron chi connectivity index (χ0n) is 10.2. The van der Waals surface area contributed by atoms with Crippen LogP contribution in [-0.4, -0.2) is 18.1 Å². The van der Waals surface area contributed by atoms with Gasteiger partial charge in [0.05, 0.1) is 15.2 Å². The SMILES string of the molecule is Cc1nc2cc(CC3CCNCC3)ccc2s1. The Morgan fingerprint density at radius 2 is 2.18 bits per heavy atom. The van der Waals surface area contributed by atoms with E-state index >= 15 is 0 Å². The molecule has 0 unspecified atom stereocenters. The van der Waals surface area contributed by atoms with E-state index in [1.165, 1.54) is 53.1 Å². The third kappa shape index (κ3) is 2.50. The van der Waals surface area contributed by atoms with Gasteiger partial charge in [0.1, 0.15) is 0 Å². The van der Waals surface area contributed by atoms with Crippen LogP contribution >= 0.6 is 11.3 Å². The Labute approximate surface area is 106 Å². The number of nitrogens with one attached hydrogen (secondary N) is 1. The highest BCUT2D eigenvalue weighted by atomic mass is 32.1. The summed E-state index contributed by atoms with van der Waals surface area (Å²) in [6, 6.07) is 6.79. The molecule has 0 radical (unpaired) electrons. The van der Waals surface area contributed by atoms with Gasteiger partial charge in [-0.25, -0.2) is 4.98 Å². The van der Waals surface area contributed by atoms with Gasteiger partial charge in [-0.2, -0.15) is 0 Å². The smallest absolute Gasteiger partial charge is 0.0907 e. The molecular formula is C14H18N2S. The lowest BCUT2D eigenvalue weighted by atomic mass is 9.91. The van der Waals surface area contributed by atoms with Gasteiger partial charge in [-0.05, 0) is 62.9 Å². The van der Waals surface area contributed by atoms with Crippen LogP contribution in [0.5, 0.6) is 0 Å². The van der Waals surface area contributed by atoms with Crippen molar-refractivity contribution in [1.82, 2.24) is 10.3 Å². The minimum absolute atomic E-state index is 0.855. The fourth-order valence-corrected chi connectivity index (χ4v) is 3.44. The summed E-state index contributed by atoms with van der Waals surface area (Å²) in [5.41, 5.74) is 2.63. The van der Waals surface area contributed by atoms with Crippen LogP contribution in [0, 0.1) is 12.8 Å². The second kappa shape index (κ2) is 4.75. The molecule has 3 rings (SSSR count). The number of rotatable bonds is 2. The topological polar surface area (TPSA) is 24.9 Å². The van der Waals surface area contributed by atoms with E-state index in [1.807, 2.05) is 0 Å². The standard InChI is InChI=1S/C14H18N2S/c1-10-16-13-9-12(2-3-14(13)17-10)8-11-4-6-15-7-5-11/h2-3,9,11,15H,4-8H2,1H3. The van der Waals surface area contributed by atoms with Gasteiger partial charge in [0.2, 0.25) is 0 Å². The summed E-state index contributed by atoms with van der Waals surface area (Å²) in [6.45, 7) is 4.45. The molecule has 1 aromatic heterocycles. The van der Waals surface area contributed by atoms with E-state index in [9.17, 15) is 0 Å². The van der Waals surface area contributed by atoms with E-state index in [2.05, 4.69) is 35.4 Å². The van der Waals surface area contributed by atoms with Crippen molar-refractivity contribution in [2.45, 2.75) is 26.2 Å². The van der Waals surface area contributed by atoms with E-state index < -0.39 is 0 Å². The summed E-state index contributed by atoms with van der Waals surface area (Å²) in [5.74, 6) is 0.855. The maximum Gasteiger partial charge on any atom is 0.0907 e. The zero-order chi connectivity index (χ0) is 11.7. The molecule has 0 bridgehead atoms. The molecule has 1 aliphatic rings.